The highest BCUT2D eigenvalue weighted by atomic mass is 32.2. The van der Waals surface area contributed by atoms with Gasteiger partial charge in [-0.25, -0.2) is 0 Å². The Morgan fingerprint density at radius 1 is 1.00 bits per heavy atom. The van der Waals surface area contributed by atoms with Crippen molar-refractivity contribution in [3.05, 3.63) is 100.0 Å². The molecule has 1 aliphatic heterocycles. The number of rotatable bonds is 5. The van der Waals surface area contributed by atoms with Gasteiger partial charge in [-0.1, -0.05) is 72.8 Å². The number of aryl methyl sites for hydroxylation is 1. The maximum Gasteiger partial charge on any atom is 0.265 e. The summed E-state index contributed by atoms with van der Waals surface area (Å²) in [4.78, 5) is 29.9. The number of para-hydroxylation sites is 1. The average molecular weight is 497 g/mol. The molecule has 1 N–H and O–H groups in total. The average Bonchev–Trinajstić information content (AvgIpc) is 2.88. The first-order valence-electron chi connectivity index (χ1n) is 12.7. The molecule has 5 rings (SSSR count). The zero-order valence-corrected chi connectivity index (χ0v) is 21.7. The number of nitrogens with zero attached hydrogens (tertiary/aromatic N) is 1. The molecule has 4 nitrogen and oxygen atoms in total. The summed E-state index contributed by atoms with van der Waals surface area (Å²) in [7, 11) is 0. The Morgan fingerprint density at radius 2 is 1.75 bits per heavy atom. The molecular weight excluding hydrogens is 464 g/mol. The van der Waals surface area contributed by atoms with E-state index >= 15 is 0 Å². The zero-order chi connectivity index (χ0) is 25.1. The van der Waals surface area contributed by atoms with Gasteiger partial charge in [0.05, 0.1) is 17.1 Å². The molecule has 0 bridgehead atoms. The number of amides is 2. The molecule has 1 saturated carbocycles. The molecule has 1 aliphatic carbocycles. The summed E-state index contributed by atoms with van der Waals surface area (Å²) in [5, 5.41) is 3.19. The summed E-state index contributed by atoms with van der Waals surface area (Å²) >= 11 is 1.50. The molecule has 1 fully saturated rings. The van der Waals surface area contributed by atoms with Gasteiger partial charge in [0.1, 0.15) is 0 Å². The number of hydrogen-bond donors (Lipinski definition) is 1. The lowest BCUT2D eigenvalue weighted by molar-refractivity contribution is -0.114. The summed E-state index contributed by atoms with van der Waals surface area (Å²) in [6.07, 6.45) is 6.38. The molecule has 36 heavy (non-hydrogen) atoms. The van der Waals surface area contributed by atoms with Crippen LogP contribution in [-0.2, 0) is 11.3 Å². The second kappa shape index (κ2) is 10.8. The summed E-state index contributed by atoms with van der Waals surface area (Å²) in [6, 6.07) is 24.1. The number of fused-ring (bicyclic) bond motifs is 1. The maximum absolute atomic E-state index is 13.6. The highest BCUT2D eigenvalue weighted by molar-refractivity contribution is 8.04. The number of thioether (sulfide) groups is 1. The van der Waals surface area contributed by atoms with Crippen LogP contribution in [0.4, 0.5) is 5.69 Å². The zero-order valence-electron chi connectivity index (χ0n) is 20.9. The van der Waals surface area contributed by atoms with E-state index in [1.807, 2.05) is 59.5 Å². The first-order valence-corrected chi connectivity index (χ1v) is 13.5. The van der Waals surface area contributed by atoms with Crippen molar-refractivity contribution in [1.29, 1.82) is 0 Å². The topological polar surface area (TPSA) is 49.4 Å². The van der Waals surface area contributed by atoms with Crippen molar-refractivity contribution in [2.45, 2.75) is 57.0 Å². The van der Waals surface area contributed by atoms with Crippen molar-refractivity contribution in [1.82, 2.24) is 5.32 Å². The van der Waals surface area contributed by atoms with Crippen LogP contribution >= 0.6 is 11.8 Å². The lowest BCUT2D eigenvalue weighted by Crippen LogP contribution is -2.37. The number of anilines is 1. The van der Waals surface area contributed by atoms with Crippen LogP contribution in [0, 0.1) is 12.8 Å². The van der Waals surface area contributed by atoms with Crippen molar-refractivity contribution in [2.75, 3.05) is 4.90 Å². The molecule has 184 valence electrons. The third-order valence-corrected chi connectivity index (χ3v) is 8.15. The molecule has 3 aromatic carbocycles. The Balaban J connectivity index is 1.34. The van der Waals surface area contributed by atoms with E-state index in [4.69, 9.17) is 0 Å². The normalized spacial score (nSPS) is 20.8. The van der Waals surface area contributed by atoms with E-state index in [1.54, 1.807) is 0 Å². The first-order chi connectivity index (χ1) is 17.5. The highest BCUT2D eigenvalue weighted by Gasteiger charge is 2.29. The second-order valence-electron chi connectivity index (χ2n) is 10.0. The molecule has 3 aromatic rings. The second-order valence-corrected chi connectivity index (χ2v) is 11.1. The predicted octanol–water partition coefficient (Wildman–Crippen LogP) is 6.98. The van der Waals surface area contributed by atoms with E-state index in [0.717, 1.165) is 40.5 Å². The Labute approximate surface area is 217 Å². The third kappa shape index (κ3) is 5.57. The lowest BCUT2D eigenvalue weighted by Gasteiger charge is -2.30. The Bertz CT molecular complexity index is 1290. The van der Waals surface area contributed by atoms with Crippen molar-refractivity contribution < 1.29 is 9.59 Å². The van der Waals surface area contributed by atoms with Gasteiger partial charge in [-0.3, -0.25) is 9.59 Å². The SMILES string of the molecule is Cc1cccc(CN2C(=O)/C(=C\c3ccc(C(=O)NC4CCC(C)CC4)cc3)Sc3ccccc32)c1. The fraction of sp³-hybridized carbons (Fsp3) is 0.290. The molecule has 2 aliphatic rings. The van der Waals surface area contributed by atoms with Gasteiger partial charge in [-0.05, 0) is 80.0 Å². The van der Waals surface area contributed by atoms with Gasteiger partial charge >= 0.3 is 0 Å². The Hall–Kier alpha value is -3.31. The number of nitrogens with one attached hydrogen (secondary N) is 1. The highest BCUT2D eigenvalue weighted by Crippen LogP contribution is 2.42. The van der Waals surface area contributed by atoms with E-state index in [-0.39, 0.29) is 17.9 Å². The molecule has 0 radical (unpaired) electrons. The van der Waals surface area contributed by atoms with E-state index in [2.05, 4.69) is 43.4 Å². The predicted molar refractivity (Wildman–Crippen MR) is 148 cm³/mol. The van der Waals surface area contributed by atoms with E-state index in [1.165, 1.54) is 30.2 Å². The van der Waals surface area contributed by atoms with Gasteiger partial charge in [-0.15, -0.1) is 0 Å². The monoisotopic (exact) mass is 496 g/mol. The van der Waals surface area contributed by atoms with Crippen LogP contribution in [0.25, 0.3) is 6.08 Å². The van der Waals surface area contributed by atoms with Gasteiger partial charge in [-0.2, -0.15) is 0 Å². The van der Waals surface area contributed by atoms with Gasteiger partial charge in [0.2, 0.25) is 0 Å². The summed E-state index contributed by atoms with van der Waals surface area (Å²) in [6.45, 7) is 4.87. The molecule has 5 heteroatoms. The van der Waals surface area contributed by atoms with Crippen LogP contribution in [0.15, 0.2) is 82.6 Å². The van der Waals surface area contributed by atoms with Gasteiger partial charge in [0, 0.05) is 16.5 Å². The van der Waals surface area contributed by atoms with Crippen LogP contribution in [0.5, 0.6) is 0 Å². The first kappa shape index (κ1) is 24.4. The molecule has 0 unspecified atom stereocenters. The molecule has 0 aromatic heterocycles. The Morgan fingerprint density at radius 3 is 2.50 bits per heavy atom. The minimum absolute atomic E-state index is 0.00597. The van der Waals surface area contributed by atoms with Crippen molar-refractivity contribution in [3.8, 4) is 0 Å². The van der Waals surface area contributed by atoms with E-state index < -0.39 is 0 Å². The minimum Gasteiger partial charge on any atom is -0.349 e. The third-order valence-electron chi connectivity index (χ3n) is 7.08. The summed E-state index contributed by atoms with van der Waals surface area (Å²) in [5.74, 6) is 0.731. The lowest BCUT2D eigenvalue weighted by atomic mass is 9.87. The van der Waals surface area contributed by atoms with Crippen LogP contribution < -0.4 is 10.2 Å². The molecule has 0 atom stereocenters. The fourth-order valence-corrected chi connectivity index (χ4v) is 6.03. The van der Waals surface area contributed by atoms with Crippen LogP contribution in [0.2, 0.25) is 0 Å². The van der Waals surface area contributed by atoms with Gasteiger partial charge in [0.15, 0.2) is 0 Å². The summed E-state index contributed by atoms with van der Waals surface area (Å²) in [5.41, 5.74) is 4.79. The van der Waals surface area contributed by atoms with Crippen LogP contribution in [0.3, 0.4) is 0 Å². The largest absolute Gasteiger partial charge is 0.349 e. The molecule has 1 heterocycles. The number of carbonyl (C=O) groups is 2. The molecule has 0 spiro atoms. The van der Waals surface area contributed by atoms with Crippen molar-refractivity contribution in [2.24, 2.45) is 5.92 Å². The van der Waals surface area contributed by atoms with E-state index in [0.29, 0.717) is 17.0 Å². The minimum atomic E-state index is -0.0184. The van der Waals surface area contributed by atoms with Gasteiger partial charge < -0.3 is 10.2 Å². The van der Waals surface area contributed by atoms with Crippen LogP contribution in [0.1, 0.15) is 59.7 Å². The molecule has 0 saturated heterocycles. The van der Waals surface area contributed by atoms with Gasteiger partial charge in [0.25, 0.3) is 11.8 Å². The smallest absolute Gasteiger partial charge is 0.265 e. The Kier molecular flexibility index (Phi) is 7.28. The summed E-state index contributed by atoms with van der Waals surface area (Å²) < 4.78 is 0. The molecule has 2 amide bonds. The quantitative estimate of drug-likeness (QED) is 0.388. The maximum atomic E-state index is 13.6. The van der Waals surface area contributed by atoms with E-state index in [9.17, 15) is 9.59 Å². The molecular formula is C31H32N2O2S. The fourth-order valence-electron chi connectivity index (χ4n) is 4.97. The number of carbonyl (C=O) groups excluding carboxylic acids is 2. The van der Waals surface area contributed by atoms with Crippen molar-refractivity contribution in [3.63, 3.8) is 0 Å². The van der Waals surface area contributed by atoms with Crippen molar-refractivity contribution >= 4 is 35.3 Å². The van der Waals surface area contributed by atoms with Crippen LogP contribution in [-0.4, -0.2) is 17.9 Å². The standard InChI is InChI=1S/C31H32N2O2S/c1-21-10-16-26(17-11-21)32-30(34)25-14-12-23(13-15-25)19-29-31(35)33(20-24-7-5-6-22(2)18-24)27-8-3-4-9-28(27)36-29/h3-9,12-15,18-19,21,26H,10-11,16-17,20H2,1-2H3,(H,32,34)/b29-19+. The number of hydrogen-bond acceptors (Lipinski definition) is 3. The number of benzene rings is 3.